The molecule has 2 fully saturated rings. The summed E-state index contributed by atoms with van der Waals surface area (Å²) >= 11 is 0. The van der Waals surface area contributed by atoms with Gasteiger partial charge in [-0.05, 0) is 37.2 Å². The fourth-order valence-corrected chi connectivity index (χ4v) is 4.00. The fraction of sp³-hybridized carbons (Fsp3) is 0.875. The molecule has 7 nitrogen and oxygen atoms in total. The van der Waals surface area contributed by atoms with Crippen molar-refractivity contribution in [2.45, 2.75) is 63.7 Å². The van der Waals surface area contributed by atoms with Crippen LogP contribution in [0.2, 0.25) is 0 Å². The molecule has 0 aromatic heterocycles. The third-order valence-electron chi connectivity index (χ3n) is 5.46. The highest BCUT2D eigenvalue weighted by molar-refractivity contribution is 5.10. The topological polar surface area (TPSA) is 109 Å². The van der Waals surface area contributed by atoms with Crippen molar-refractivity contribution in [2.75, 3.05) is 6.61 Å². The maximum absolute atomic E-state index is 10.1. The number of hydrogen-bond acceptors (Lipinski definition) is 7. The summed E-state index contributed by atoms with van der Waals surface area (Å²) in [6.45, 7) is 3.72. The number of fused-ring (bicyclic) bond motifs is 1. The van der Waals surface area contributed by atoms with Crippen LogP contribution >= 0.6 is 0 Å². The molecular weight excluding hydrogens is 304 g/mol. The van der Waals surface area contributed by atoms with Crippen molar-refractivity contribution >= 4 is 0 Å². The van der Waals surface area contributed by atoms with Crippen LogP contribution in [0.4, 0.5) is 0 Å². The number of allylic oxidation sites excluding steroid dienone is 1. The quantitative estimate of drug-likeness (QED) is 0.564. The summed E-state index contributed by atoms with van der Waals surface area (Å²) in [6.07, 6.45) is -3.10. The van der Waals surface area contributed by atoms with E-state index in [1.165, 1.54) is 5.57 Å². The van der Waals surface area contributed by atoms with Crippen LogP contribution in [0, 0.1) is 17.8 Å². The van der Waals surface area contributed by atoms with Gasteiger partial charge in [0.2, 0.25) is 6.29 Å². The Morgan fingerprint density at radius 1 is 1.13 bits per heavy atom. The molecule has 0 unspecified atom stereocenters. The molecule has 0 spiro atoms. The molecule has 0 amide bonds. The first-order chi connectivity index (χ1) is 10.9. The molecule has 7 heteroatoms. The molecule has 0 radical (unpaired) electrons. The number of aliphatic hydroxyl groups is 4. The van der Waals surface area contributed by atoms with Gasteiger partial charge in [-0.15, -0.1) is 0 Å². The van der Waals surface area contributed by atoms with E-state index in [0.717, 1.165) is 12.8 Å². The highest BCUT2D eigenvalue weighted by Gasteiger charge is 2.49. The SMILES string of the molecule is CC1=CO[C@@H](O[C@@H]2O[C@H](CO)[C@@H](O)[C@H](O)[C@H]2O)[C@H]2[C@@H]1CC[C@@H]2C. The summed E-state index contributed by atoms with van der Waals surface area (Å²) in [4.78, 5) is 0. The maximum Gasteiger partial charge on any atom is 0.205 e. The molecule has 0 aromatic rings. The van der Waals surface area contributed by atoms with Crippen LogP contribution in [0.25, 0.3) is 0 Å². The fourth-order valence-electron chi connectivity index (χ4n) is 4.00. The van der Waals surface area contributed by atoms with Crippen LogP contribution in [0.3, 0.4) is 0 Å². The van der Waals surface area contributed by atoms with Gasteiger partial charge in [-0.25, -0.2) is 0 Å². The lowest BCUT2D eigenvalue weighted by molar-refractivity contribution is -0.342. The minimum atomic E-state index is -1.44. The zero-order valence-corrected chi connectivity index (χ0v) is 13.4. The Labute approximate surface area is 135 Å². The molecule has 9 atom stereocenters. The first-order valence-corrected chi connectivity index (χ1v) is 8.22. The smallest absolute Gasteiger partial charge is 0.205 e. The zero-order chi connectivity index (χ0) is 16.7. The molecule has 1 aliphatic carbocycles. The molecule has 4 N–H and O–H groups in total. The molecule has 3 aliphatic rings. The summed E-state index contributed by atoms with van der Waals surface area (Å²) in [7, 11) is 0. The van der Waals surface area contributed by atoms with E-state index in [1.807, 2.05) is 6.92 Å². The van der Waals surface area contributed by atoms with E-state index in [1.54, 1.807) is 6.26 Å². The largest absolute Gasteiger partial charge is 0.472 e. The first kappa shape index (κ1) is 17.1. The summed E-state index contributed by atoms with van der Waals surface area (Å²) < 4.78 is 16.9. The van der Waals surface area contributed by atoms with Gasteiger partial charge >= 0.3 is 0 Å². The van der Waals surface area contributed by atoms with E-state index >= 15 is 0 Å². The average molecular weight is 330 g/mol. The van der Waals surface area contributed by atoms with Gasteiger partial charge in [0.15, 0.2) is 6.29 Å². The lowest BCUT2D eigenvalue weighted by atomic mass is 9.84. The second-order valence-corrected chi connectivity index (χ2v) is 6.94. The molecule has 23 heavy (non-hydrogen) atoms. The predicted octanol–water partition coefficient (Wildman–Crippen LogP) is -0.275. The van der Waals surface area contributed by atoms with Gasteiger partial charge in [0.25, 0.3) is 0 Å². The number of ether oxygens (including phenoxy) is 3. The highest BCUT2D eigenvalue weighted by atomic mass is 16.8. The third-order valence-corrected chi connectivity index (χ3v) is 5.46. The van der Waals surface area contributed by atoms with Gasteiger partial charge in [0.05, 0.1) is 12.9 Å². The zero-order valence-electron chi connectivity index (χ0n) is 13.4. The summed E-state index contributed by atoms with van der Waals surface area (Å²) in [5, 5.41) is 39.0. The van der Waals surface area contributed by atoms with Crippen LogP contribution in [0.15, 0.2) is 11.8 Å². The number of aliphatic hydroxyl groups excluding tert-OH is 4. The van der Waals surface area contributed by atoms with Crippen LogP contribution in [0.1, 0.15) is 26.7 Å². The Morgan fingerprint density at radius 3 is 2.57 bits per heavy atom. The molecule has 1 saturated heterocycles. The van der Waals surface area contributed by atoms with E-state index in [2.05, 4.69) is 6.92 Å². The monoisotopic (exact) mass is 330 g/mol. The molecule has 2 heterocycles. The van der Waals surface area contributed by atoms with Crippen molar-refractivity contribution in [3.05, 3.63) is 11.8 Å². The van der Waals surface area contributed by atoms with E-state index in [0.29, 0.717) is 11.8 Å². The first-order valence-electron chi connectivity index (χ1n) is 8.22. The van der Waals surface area contributed by atoms with Crippen LogP contribution in [0.5, 0.6) is 0 Å². The Bertz CT molecular complexity index is 452. The predicted molar refractivity (Wildman–Crippen MR) is 78.9 cm³/mol. The molecule has 0 bridgehead atoms. The van der Waals surface area contributed by atoms with Crippen molar-refractivity contribution < 1.29 is 34.6 Å². The van der Waals surface area contributed by atoms with Crippen molar-refractivity contribution in [2.24, 2.45) is 17.8 Å². The number of rotatable bonds is 3. The lowest BCUT2D eigenvalue weighted by Gasteiger charge is -2.43. The Hall–Kier alpha value is -0.700. The second kappa shape index (κ2) is 6.66. The second-order valence-electron chi connectivity index (χ2n) is 6.94. The van der Waals surface area contributed by atoms with Crippen LogP contribution in [-0.2, 0) is 14.2 Å². The van der Waals surface area contributed by atoms with Gasteiger partial charge in [0, 0.05) is 5.92 Å². The standard InChI is InChI=1S/C16H26O7/c1-7-3-4-9-8(2)6-21-15(11(7)9)23-16-14(20)13(19)12(18)10(5-17)22-16/h6-7,9-20H,3-5H2,1-2H3/t7-,9+,10+,11+,12+,13-,14+,15-,16-/m0/s1. The van der Waals surface area contributed by atoms with Crippen LogP contribution < -0.4 is 0 Å². The molecule has 2 aliphatic heterocycles. The highest BCUT2D eigenvalue weighted by Crippen LogP contribution is 2.46. The van der Waals surface area contributed by atoms with Crippen LogP contribution in [-0.4, -0.2) is 64.0 Å². The Kier molecular flexibility index (Phi) is 4.96. The van der Waals surface area contributed by atoms with Gasteiger partial charge in [0.1, 0.15) is 24.4 Å². The summed E-state index contributed by atoms with van der Waals surface area (Å²) in [5.41, 5.74) is 1.19. The number of hydrogen-bond donors (Lipinski definition) is 4. The summed E-state index contributed by atoms with van der Waals surface area (Å²) in [5.74, 6) is 0.958. The maximum atomic E-state index is 10.1. The van der Waals surface area contributed by atoms with E-state index in [9.17, 15) is 20.4 Å². The van der Waals surface area contributed by atoms with E-state index < -0.39 is 43.6 Å². The van der Waals surface area contributed by atoms with Gasteiger partial charge in [-0.2, -0.15) is 0 Å². The van der Waals surface area contributed by atoms with Gasteiger partial charge in [-0.3, -0.25) is 0 Å². The van der Waals surface area contributed by atoms with E-state index in [-0.39, 0.29) is 5.92 Å². The normalized spacial score (nSPS) is 50.2. The molecule has 0 aromatic carbocycles. The van der Waals surface area contributed by atoms with E-state index in [4.69, 9.17) is 14.2 Å². The van der Waals surface area contributed by atoms with Gasteiger partial charge in [-0.1, -0.05) is 6.92 Å². The molecular formula is C16H26O7. The Balaban J connectivity index is 1.73. The van der Waals surface area contributed by atoms with Crippen molar-refractivity contribution in [3.63, 3.8) is 0 Å². The third kappa shape index (κ3) is 3.01. The minimum absolute atomic E-state index is 0.160. The summed E-state index contributed by atoms with van der Waals surface area (Å²) in [6, 6.07) is 0. The van der Waals surface area contributed by atoms with Crippen molar-refractivity contribution in [1.82, 2.24) is 0 Å². The van der Waals surface area contributed by atoms with Crippen molar-refractivity contribution in [1.29, 1.82) is 0 Å². The molecule has 3 rings (SSSR count). The van der Waals surface area contributed by atoms with Gasteiger partial charge < -0.3 is 34.6 Å². The Morgan fingerprint density at radius 2 is 1.87 bits per heavy atom. The average Bonchev–Trinajstić information content (AvgIpc) is 2.93. The van der Waals surface area contributed by atoms with Crippen molar-refractivity contribution in [3.8, 4) is 0 Å². The molecule has 132 valence electrons. The minimum Gasteiger partial charge on any atom is -0.472 e. The lowest BCUT2D eigenvalue weighted by Crippen LogP contribution is -2.60. The molecule has 1 saturated carbocycles.